The van der Waals surface area contributed by atoms with Crippen LogP contribution in [0, 0.1) is 5.92 Å². The number of nitrogens with two attached hydrogens (primary N) is 1. The van der Waals surface area contributed by atoms with Crippen molar-refractivity contribution in [1.29, 1.82) is 0 Å². The molecule has 0 atom stereocenters. The number of nitrogens with one attached hydrogen (secondary N) is 1. The number of hydrogen-bond donors (Lipinski definition) is 2. The van der Waals surface area contributed by atoms with Crippen molar-refractivity contribution in [1.82, 2.24) is 14.8 Å². The smallest absolute Gasteiger partial charge is 0.341 e. The van der Waals surface area contributed by atoms with Gasteiger partial charge in [0, 0.05) is 24.7 Å². The van der Waals surface area contributed by atoms with Gasteiger partial charge in [-0.2, -0.15) is 5.10 Å². The zero-order valence-corrected chi connectivity index (χ0v) is 15.2. The summed E-state index contributed by atoms with van der Waals surface area (Å²) < 4.78 is 6.97. The Morgan fingerprint density at radius 1 is 1.27 bits per heavy atom. The Morgan fingerprint density at radius 3 is 2.62 bits per heavy atom. The van der Waals surface area contributed by atoms with E-state index in [-0.39, 0.29) is 17.9 Å². The van der Waals surface area contributed by atoms with Crippen LogP contribution in [0.1, 0.15) is 49.9 Å². The highest BCUT2D eigenvalue weighted by atomic mass is 16.5. The number of esters is 1. The first-order valence-electron chi connectivity index (χ1n) is 9.12. The highest BCUT2D eigenvalue weighted by Gasteiger charge is 2.27. The lowest BCUT2D eigenvalue weighted by molar-refractivity contribution is -0.122. The number of primary amides is 1. The van der Waals surface area contributed by atoms with Gasteiger partial charge in [0.15, 0.2) is 5.65 Å². The van der Waals surface area contributed by atoms with Gasteiger partial charge in [0.25, 0.3) is 0 Å². The number of carbonyl (C=O) groups excluding carboxylic acids is 2. The molecule has 8 nitrogen and oxygen atoms in total. The van der Waals surface area contributed by atoms with Crippen molar-refractivity contribution in [2.24, 2.45) is 11.7 Å². The third-order valence-electron chi connectivity index (χ3n) is 4.94. The molecule has 1 saturated carbocycles. The summed E-state index contributed by atoms with van der Waals surface area (Å²) >= 11 is 0. The molecule has 1 fully saturated rings. The summed E-state index contributed by atoms with van der Waals surface area (Å²) in [4.78, 5) is 28.1. The fourth-order valence-corrected chi connectivity index (χ4v) is 3.50. The molecule has 0 aromatic carbocycles. The molecule has 3 rings (SSSR count). The van der Waals surface area contributed by atoms with Gasteiger partial charge < -0.3 is 15.8 Å². The van der Waals surface area contributed by atoms with Gasteiger partial charge in [-0.15, -0.1) is 0 Å². The molecule has 2 aromatic rings. The lowest BCUT2D eigenvalue weighted by atomic mass is 9.85. The molecule has 0 aliphatic heterocycles. The summed E-state index contributed by atoms with van der Waals surface area (Å²) in [5.41, 5.74) is 7.26. The van der Waals surface area contributed by atoms with Crippen LogP contribution in [0.4, 0.5) is 5.69 Å². The summed E-state index contributed by atoms with van der Waals surface area (Å²) in [6.07, 6.45) is 6.43. The number of hydrogen-bond acceptors (Lipinski definition) is 6. The molecule has 0 radical (unpaired) electrons. The van der Waals surface area contributed by atoms with Crippen molar-refractivity contribution in [3.8, 4) is 0 Å². The first kappa shape index (κ1) is 18.2. The number of fused-ring (bicyclic) bond motifs is 1. The lowest BCUT2D eigenvalue weighted by Crippen LogP contribution is -2.32. The second-order valence-corrected chi connectivity index (χ2v) is 6.56. The molecule has 1 amide bonds. The molecule has 0 saturated heterocycles. The van der Waals surface area contributed by atoms with E-state index < -0.39 is 5.97 Å². The number of aromatic nitrogens is 3. The van der Waals surface area contributed by atoms with E-state index in [0.717, 1.165) is 36.7 Å². The van der Waals surface area contributed by atoms with Crippen molar-refractivity contribution in [2.45, 2.75) is 52.1 Å². The van der Waals surface area contributed by atoms with E-state index in [9.17, 15) is 9.59 Å². The van der Waals surface area contributed by atoms with Crippen molar-refractivity contribution in [2.75, 3.05) is 11.9 Å². The second kappa shape index (κ2) is 7.72. The summed E-state index contributed by atoms with van der Waals surface area (Å²) in [6.45, 7) is 4.76. The predicted octanol–water partition coefficient (Wildman–Crippen LogP) is 2.08. The molecule has 0 unspecified atom stereocenters. The number of anilines is 1. The number of pyridine rings is 1. The fourth-order valence-electron chi connectivity index (χ4n) is 3.50. The van der Waals surface area contributed by atoms with Gasteiger partial charge in [-0.05, 0) is 39.5 Å². The summed E-state index contributed by atoms with van der Waals surface area (Å²) in [6, 6.07) is 0.161. The second-order valence-electron chi connectivity index (χ2n) is 6.56. The highest BCUT2D eigenvalue weighted by molar-refractivity contribution is 6.04. The summed E-state index contributed by atoms with van der Waals surface area (Å²) in [5.74, 6) is -0.691. The monoisotopic (exact) mass is 359 g/mol. The van der Waals surface area contributed by atoms with E-state index in [1.807, 2.05) is 6.92 Å². The van der Waals surface area contributed by atoms with E-state index >= 15 is 0 Å². The minimum atomic E-state index is -0.403. The van der Waals surface area contributed by atoms with Crippen LogP contribution in [0.15, 0.2) is 12.4 Å². The van der Waals surface area contributed by atoms with Crippen LogP contribution in [0.3, 0.4) is 0 Å². The standard InChI is InChI=1S/C18H25N5O3/c1-3-23-17-13(10-21-23)15(14(9-20-17)18(25)26-4-2)22-12-7-5-11(6-8-12)16(19)24/h9-12H,3-8H2,1-2H3,(H2,19,24)(H,20,22)/t11-,12+. The zero-order chi connectivity index (χ0) is 18.7. The first-order valence-corrected chi connectivity index (χ1v) is 9.12. The van der Waals surface area contributed by atoms with Crippen LogP contribution < -0.4 is 11.1 Å². The minimum absolute atomic E-state index is 0.0575. The quantitative estimate of drug-likeness (QED) is 0.764. The largest absolute Gasteiger partial charge is 0.462 e. The number of rotatable bonds is 6. The van der Waals surface area contributed by atoms with Crippen molar-refractivity contribution in [3.05, 3.63) is 18.0 Å². The maximum atomic E-state index is 12.4. The van der Waals surface area contributed by atoms with E-state index in [1.165, 1.54) is 0 Å². The SMILES string of the molecule is CCOC(=O)c1cnc2c(cnn2CC)c1N[C@H]1CC[C@@H](C(N)=O)CC1. The molecule has 1 aliphatic carbocycles. The number of nitrogens with zero attached hydrogens (tertiary/aromatic N) is 3. The average molecular weight is 359 g/mol. The van der Waals surface area contributed by atoms with Gasteiger partial charge >= 0.3 is 5.97 Å². The fraction of sp³-hybridized carbons (Fsp3) is 0.556. The summed E-state index contributed by atoms with van der Waals surface area (Å²) in [5, 5.41) is 8.63. The molecule has 26 heavy (non-hydrogen) atoms. The number of amides is 1. The van der Waals surface area contributed by atoms with Gasteiger partial charge in [-0.25, -0.2) is 14.5 Å². The summed E-state index contributed by atoms with van der Waals surface area (Å²) in [7, 11) is 0. The van der Waals surface area contributed by atoms with Crippen LogP contribution in [0.2, 0.25) is 0 Å². The minimum Gasteiger partial charge on any atom is -0.462 e. The van der Waals surface area contributed by atoms with E-state index in [0.29, 0.717) is 24.4 Å². The third-order valence-corrected chi connectivity index (χ3v) is 4.94. The maximum absolute atomic E-state index is 12.4. The van der Waals surface area contributed by atoms with Crippen molar-refractivity contribution >= 4 is 28.6 Å². The van der Waals surface area contributed by atoms with Crippen LogP contribution in [-0.2, 0) is 16.1 Å². The lowest BCUT2D eigenvalue weighted by Gasteiger charge is -2.28. The normalized spacial score (nSPS) is 20.1. The molecule has 0 bridgehead atoms. The highest BCUT2D eigenvalue weighted by Crippen LogP contribution is 2.31. The Labute approximate surface area is 152 Å². The maximum Gasteiger partial charge on any atom is 0.341 e. The van der Waals surface area contributed by atoms with Crippen LogP contribution in [0.25, 0.3) is 11.0 Å². The van der Waals surface area contributed by atoms with Crippen molar-refractivity contribution < 1.29 is 14.3 Å². The Balaban J connectivity index is 1.91. The van der Waals surface area contributed by atoms with Crippen LogP contribution >= 0.6 is 0 Å². The van der Waals surface area contributed by atoms with Gasteiger partial charge in [0.1, 0.15) is 5.56 Å². The topological polar surface area (TPSA) is 112 Å². The molecule has 2 aromatic heterocycles. The van der Waals surface area contributed by atoms with E-state index in [4.69, 9.17) is 10.5 Å². The Bertz CT molecular complexity index is 809. The molecule has 2 heterocycles. The van der Waals surface area contributed by atoms with Crippen LogP contribution in [0.5, 0.6) is 0 Å². The molecule has 140 valence electrons. The zero-order valence-electron chi connectivity index (χ0n) is 15.2. The van der Waals surface area contributed by atoms with Crippen molar-refractivity contribution in [3.63, 3.8) is 0 Å². The molecule has 1 aliphatic rings. The number of aryl methyl sites for hydroxylation is 1. The Kier molecular flexibility index (Phi) is 5.39. The van der Waals surface area contributed by atoms with Gasteiger partial charge in [0.05, 0.1) is 23.9 Å². The predicted molar refractivity (Wildman–Crippen MR) is 97.7 cm³/mol. The third kappa shape index (κ3) is 3.49. The first-order chi connectivity index (χ1) is 12.5. The van der Waals surface area contributed by atoms with Gasteiger partial charge in [-0.3, -0.25) is 4.79 Å². The molecule has 3 N–H and O–H groups in total. The van der Waals surface area contributed by atoms with E-state index in [2.05, 4.69) is 15.4 Å². The Hall–Kier alpha value is -2.64. The van der Waals surface area contributed by atoms with E-state index in [1.54, 1.807) is 24.0 Å². The Morgan fingerprint density at radius 2 is 2.00 bits per heavy atom. The van der Waals surface area contributed by atoms with Gasteiger partial charge in [-0.1, -0.05) is 0 Å². The van der Waals surface area contributed by atoms with Gasteiger partial charge in [0.2, 0.25) is 5.91 Å². The molecular weight excluding hydrogens is 334 g/mol. The molecular formula is C18H25N5O3. The average Bonchev–Trinajstić information content (AvgIpc) is 3.06. The number of ether oxygens (including phenoxy) is 1. The van der Waals surface area contributed by atoms with Crippen LogP contribution in [-0.4, -0.2) is 39.3 Å². The number of carbonyl (C=O) groups is 2. The molecule has 0 spiro atoms. The molecule has 8 heteroatoms.